The lowest BCUT2D eigenvalue weighted by atomic mass is 10.1. The molecule has 0 atom stereocenters. The number of carbonyl (C=O) groups is 2. The average Bonchev–Trinajstić information content (AvgIpc) is 2.00. The third-order valence-electron chi connectivity index (χ3n) is 1.65. The van der Waals surface area contributed by atoms with E-state index in [2.05, 4.69) is 0 Å². The summed E-state index contributed by atoms with van der Waals surface area (Å²) in [5.41, 5.74) is 1.20. The molecule has 0 unspecified atom stereocenters. The predicted octanol–water partition coefficient (Wildman–Crippen LogP) is 2.28. The van der Waals surface area contributed by atoms with Gasteiger partial charge in [0.1, 0.15) is 12.1 Å². The van der Waals surface area contributed by atoms with Crippen LogP contribution in [0, 0.1) is 0 Å². The van der Waals surface area contributed by atoms with Crippen LogP contribution in [0.4, 0.5) is 0 Å². The van der Waals surface area contributed by atoms with Gasteiger partial charge in [-0.2, -0.15) is 0 Å². The van der Waals surface area contributed by atoms with Crippen LogP contribution in [0.25, 0.3) is 0 Å². The molecule has 12 heavy (non-hydrogen) atoms. The fourth-order valence-corrected chi connectivity index (χ4v) is 0.910. The van der Waals surface area contributed by atoms with Crippen LogP contribution in [0.2, 0.25) is 0 Å². The van der Waals surface area contributed by atoms with E-state index in [0.717, 1.165) is 19.1 Å². The largest absolute Gasteiger partial charge is 0.303 e. The first-order chi connectivity index (χ1) is 5.66. The number of Topliss-reactive ketones (excluding diaryl/α,β-unsaturated/α-hetero) is 1. The van der Waals surface area contributed by atoms with Gasteiger partial charge >= 0.3 is 0 Å². The van der Waals surface area contributed by atoms with E-state index < -0.39 is 0 Å². The van der Waals surface area contributed by atoms with Gasteiger partial charge in [-0.3, -0.25) is 0 Å². The summed E-state index contributed by atoms with van der Waals surface area (Å²) >= 11 is 0. The quantitative estimate of drug-likeness (QED) is 0.450. The minimum Gasteiger partial charge on any atom is -0.303 e. The SMILES string of the molecule is CC(=O)CCC=C(C)CCC=O. The Labute approximate surface area is 73.7 Å². The van der Waals surface area contributed by atoms with Gasteiger partial charge in [-0.05, 0) is 26.7 Å². The summed E-state index contributed by atoms with van der Waals surface area (Å²) in [6.45, 7) is 3.58. The molecule has 68 valence electrons. The Morgan fingerprint density at radius 3 is 2.33 bits per heavy atom. The summed E-state index contributed by atoms with van der Waals surface area (Å²) in [7, 11) is 0. The van der Waals surface area contributed by atoms with Gasteiger partial charge in [0, 0.05) is 12.8 Å². The molecule has 0 heterocycles. The molecule has 0 bridgehead atoms. The molecule has 0 rings (SSSR count). The Hall–Kier alpha value is -0.920. The lowest BCUT2D eigenvalue weighted by Crippen LogP contribution is -1.87. The highest BCUT2D eigenvalue weighted by atomic mass is 16.1. The molecule has 0 saturated heterocycles. The summed E-state index contributed by atoms with van der Waals surface area (Å²) in [5.74, 6) is 0.217. The summed E-state index contributed by atoms with van der Waals surface area (Å²) in [6.07, 6.45) is 5.77. The molecule has 0 spiro atoms. The van der Waals surface area contributed by atoms with Crippen molar-refractivity contribution in [3.63, 3.8) is 0 Å². The van der Waals surface area contributed by atoms with E-state index in [1.54, 1.807) is 6.92 Å². The van der Waals surface area contributed by atoms with Gasteiger partial charge in [0.25, 0.3) is 0 Å². The normalized spacial score (nSPS) is 11.3. The van der Waals surface area contributed by atoms with E-state index in [9.17, 15) is 9.59 Å². The number of ketones is 1. The zero-order valence-corrected chi connectivity index (χ0v) is 7.80. The summed E-state index contributed by atoms with van der Waals surface area (Å²) < 4.78 is 0. The molecule has 2 heteroatoms. The van der Waals surface area contributed by atoms with Gasteiger partial charge < -0.3 is 9.59 Å². The second-order valence-electron chi connectivity index (χ2n) is 3.00. The summed E-state index contributed by atoms with van der Waals surface area (Å²) in [6, 6.07) is 0. The van der Waals surface area contributed by atoms with Crippen molar-refractivity contribution in [2.24, 2.45) is 0 Å². The minimum atomic E-state index is 0.217. The molecule has 0 saturated carbocycles. The van der Waals surface area contributed by atoms with Crippen molar-refractivity contribution in [3.8, 4) is 0 Å². The zero-order valence-electron chi connectivity index (χ0n) is 7.80. The van der Waals surface area contributed by atoms with E-state index in [4.69, 9.17) is 0 Å². The molecule has 0 aliphatic heterocycles. The van der Waals surface area contributed by atoms with Crippen LogP contribution in [-0.4, -0.2) is 12.1 Å². The fraction of sp³-hybridized carbons (Fsp3) is 0.600. The lowest BCUT2D eigenvalue weighted by molar-refractivity contribution is -0.117. The highest BCUT2D eigenvalue weighted by molar-refractivity contribution is 5.75. The Morgan fingerprint density at radius 1 is 1.17 bits per heavy atom. The third-order valence-corrected chi connectivity index (χ3v) is 1.65. The van der Waals surface area contributed by atoms with Crippen molar-refractivity contribution in [2.75, 3.05) is 0 Å². The molecule has 0 aliphatic rings. The van der Waals surface area contributed by atoms with Crippen LogP contribution < -0.4 is 0 Å². The van der Waals surface area contributed by atoms with Crippen molar-refractivity contribution < 1.29 is 9.59 Å². The molecule has 0 aromatic heterocycles. The average molecular weight is 168 g/mol. The number of rotatable bonds is 6. The van der Waals surface area contributed by atoms with E-state index >= 15 is 0 Å². The van der Waals surface area contributed by atoms with Gasteiger partial charge in [0.2, 0.25) is 0 Å². The highest BCUT2D eigenvalue weighted by Crippen LogP contribution is 2.04. The zero-order chi connectivity index (χ0) is 9.40. The maximum absolute atomic E-state index is 10.6. The van der Waals surface area contributed by atoms with Gasteiger partial charge in [0.15, 0.2) is 0 Å². The fourth-order valence-electron chi connectivity index (χ4n) is 0.910. The topological polar surface area (TPSA) is 34.1 Å². The highest BCUT2D eigenvalue weighted by Gasteiger charge is 1.92. The minimum absolute atomic E-state index is 0.217. The number of hydrogen-bond acceptors (Lipinski definition) is 2. The Morgan fingerprint density at radius 2 is 1.83 bits per heavy atom. The lowest BCUT2D eigenvalue weighted by Gasteiger charge is -1.95. The van der Waals surface area contributed by atoms with Gasteiger partial charge in [-0.15, -0.1) is 0 Å². The van der Waals surface area contributed by atoms with Crippen LogP contribution in [0.3, 0.4) is 0 Å². The second kappa shape index (κ2) is 6.77. The van der Waals surface area contributed by atoms with E-state index in [1.807, 2.05) is 13.0 Å². The monoisotopic (exact) mass is 168 g/mol. The first-order valence-corrected chi connectivity index (χ1v) is 4.25. The van der Waals surface area contributed by atoms with E-state index in [0.29, 0.717) is 12.8 Å². The molecule has 0 amide bonds. The first-order valence-electron chi connectivity index (χ1n) is 4.25. The van der Waals surface area contributed by atoms with Crippen molar-refractivity contribution in [3.05, 3.63) is 11.6 Å². The number of aldehydes is 1. The van der Waals surface area contributed by atoms with Crippen molar-refractivity contribution in [1.82, 2.24) is 0 Å². The summed E-state index contributed by atoms with van der Waals surface area (Å²) in [5, 5.41) is 0. The molecule has 0 radical (unpaired) electrons. The third kappa shape index (κ3) is 7.19. The molecule has 0 aromatic rings. The number of allylic oxidation sites excluding steroid dienone is 2. The van der Waals surface area contributed by atoms with Crippen LogP contribution >= 0.6 is 0 Å². The Kier molecular flexibility index (Phi) is 6.25. The molecule has 0 aromatic carbocycles. The van der Waals surface area contributed by atoms with E-state index in [1.165, 1.54) is 5.57 Å². The molecular formula is C10H16O2. The maximum atomic E-state index is 10.6. The van der Waals surface area contributed by atoms with Gasteiger partial charge in [-0.25, -0.2) is 0 Å². The molecule has 0 N–H and O–H groups in total. The first kappa shape index (κ1) is 11.1. The van der Waals surface area contributed by atoms with Gasteiger partial charge in [-0.1, -0.05) is 11.6 Å². The van der Waals surface area contributed by atoms with Crippen LogP contribution in [0.15, 0.2) is 11.6 Å². The Bertz CT molecular complexity index is 180. The van der Waals surface area contributed by atoms with Crippen molar-refractivity contribution in [2.45, 2.75) is 39.5 Å². The summed E-state index contributed by atoms with van der Waals surface area (Å²) in [4.78, 5) is 20.6. The number of carbonyl (C=O) groups excluding carboxylic acids is 2. The van der Waals surface area contributed by atoms with E-state index in [-0.39, 0.29) is 5.78 Å². The maximum Gasteiger partial charge on any atom is 0.130 e. The molecule has 2 nitrogen and oxygen atoms in total. The standard InChI is InChI=1S/C10H16O2/c1-9(6-4-8-11)5-3-7-10(2)12/h5,8H,3-4,6-7H2,1-2H3. The molecule has 0 aliphatic carbocycles. The molecular weight excluding hydrogens is 152 g/mol. The second-order valence-corrected chi connectivity index (χ2v) is 3.00. The van der Waals surface area contributed by atoms with Crippen molar-refractivity contribution in [1.29, 1.82) is 0 Å². The van der Waals surface area contributed by atoms with Crippen LogP contribution in [-0.2, 0) is 9.59 Å². The van der Waals surface area contributed by atoms with Crippen LogP contribution in [0.1, 0.15) is 39.5 Å². The van der Waals surface area contributed by atoms with Crippen LogP contribution in [0.5, 0.6) is 0 Å². The molecule has 0 fully saturated rings. The predicted molar refractivity (Wildman–Crippen MR) is 49.0 cm³/mol. The Balaban J connectivity index is 3.53. The van der Waals surface area contributed by atoms with Crippen molar-refractivity contribution >= 4 is 12.1 Å². The number of hydrogen-bond donors (Lipinski definition) is 0. The van der Waals surface area contributed by atoms with Gasteiger partial charge in [0.05, 0.1) is 0 Å². The smallest absolute Gasteiger partial charge is 0.130 e.